The zero-order valence-electron chi connectivity index (χ0n) is 18.0. The Kier molecular flexibility index (Phi) is 5.63. The number of benzene rings is 1. The molecule has 1 atom stereocenters. The molecule has 3 N–H and O–H groups in total. The zero-order chi connectivity index (χ0) is 21.3. The predicted octanol–water partition coefficient (Wildman–Crippen LogP) is 3.89. The molecule has 3 aromatic rings. The maximum atomic E-state index is 11.6. The van der Waals surface area contributed by atoms with Gasteiger partial charge in [-0.05, 0) is 69.1 Å². The third-order valence-corrected chi connectivity index (χ3v) is 5.95. The van der Waals surface area contributed by atoms with Gasteiger partial charge in [0.1, 0.15) is 17.2 Å². The predicted molar refractivity (Wildman–Crippen MR) is 121 cm³/mol. The molecule has 3 heterocycles. The molecular formula is C23H29N5O2. The summed E-state index contributed by atoms with van der Waals surface area (Å²) in [7, 11) is 4.12. The van der Waals surface area contributed by atoms with Gasteiger partial charge in [-0.3, -0.25) is 4.79 Å². The number of nitrogens with zero attached hydrogens (tertiary/aromatic N) is 2. The lowest BCUT2D eigenvalue weighted by Crippen LogP contribution is -2.25. The van der Waals surface area contributed by atoms with Crippen LogP contribution in [0.25, 0.3) is 11.0 Å². The highest BCUT2D eigenvalue weighted by Gasteiger charge is 2.17. The fourth-order valence-corrected chi connectivity index (χ4v) is 4.13. The Labute approximate surface area is 176 Å². The molecule has 0 saturated carbocycles. The molecule has 1 amide bonds. The van der Waals surface area contributed by atoms with Crippen molar-refractivity contribution in [2.75, 3.05) is 24.3 Å². The van der Waals surface area contributed by atoms with E-state index in [-0.39, 0.29) is 12.5 Å². The van der Waals surface area contributed by atoms with Crippen LogP contribution in [0.1, 0.15) is 31.0 Å². The number of carbonyl (C=O) groups excluding carboxylic acids is 1. The number of pyridine rings is 1. The molecule has 0 bridgehead atoms. The van der Waals surface area contributed by atoms with Gasteiger partial charge in [-0.15, -0.1) is 0 Å². The van der Waals surface area contributed by atoms with Crippen molar-refractivity contribution in [1.82, 2.24) is 14.9 Å². The molecule has 0 saturated heterocycles. The highest BCUT2D eigenvalue weighted by molar-refractivity contribution is 5.96. The summed E-state index contributed by atoms with van der Waals surface area (Å²) in [5.74, 6) is 1.30. The van der Waals surface area contributed by atoms with E-state index >= 15 is 0 Å². The number of hydrogen-bond donors (Lipinski definition) is 3. The second kappa shape index (κ2) is 8.36. The second-order valence-corrected chi connectivity index (χ2v) is 7.80. The van der Waals surface area contributed by atoms with E-state index in [2.05, 4.69) is 47.5 Å². The largest absolute Gasteiger partial charge is 0.482 e. The molecule has 4 rings (SSSR count). The van der Waals surface area contributed by atoms with E-state index in [1.165, 1.54) is 16.6 Å². The Morgan fingerprint density at radius 3 is 2.90 bits per heavy atom. The monoisotopic (exact) mass is 407 g/mol. The van der Waals surface area contributed by atoms with Crippen LogP contribution in [0, 0.1) is 6.92 Å². The maximum absolute atomic E-state index is 11.6. The van der Waals surface area contributed by atoms with E-state index in [0.717, 1.165) is 36.4 Å². The van der Waals surface area contributed by atoms with Crippen molar-refractivity contribution >= 4 is 34.1 Å². The van der Waals surface area contributed by atoms with Crippen LogP contribution >= 0.6 is 0 Å². The van der Waals surface area contributed by atoms with Gasteiger partial charge in [0.05, 0.1) is 5.69 Å². The lowest BCUT2D eigenvalue weighted by molar-refractivity contribution is -0.118. The van der Waals surface area contributed by atoms with Gasteiger partial charge in [0.15, 0.2) is 6.61 Å². The van der Waals surface area contributed by atoms with Gasteiger partial charge < -0.3 is 25.3 Å². The standard InChI is InChI=1S/C23H29N5O2/c1-5-15(24-3)6-9-19-14(2)17-8-11-21(27-23(17)28(19)4)25-16-7-10-20-18(12-16)26-22(29)13-30-20/h7-8,10-12,15,24H,5-6,9,13H2,1-4H3,(H,25,27)(H,26,29). The van der Waals surface area contributed by atoms with Crippen LogP contribution < -0.4 is 20.7 Å². The molecule has 0 spiro atoms. The molecular weight excluding hydrogens is 378 g/mol. The quantitative estimate of drug-likeness (QED) is 0.554. The minimum absolute atomic E-state index is 0.0560. The minimum atomic E-state index is -0.144. The number of anilines is 3. The normalized spacial score (nSPS) is 14.2. The first-order chi connectivity index (χ1) is 14.5. The summed E-state index contributed by atoms with van der Waals surface area (Å²) in [6.45, 7) is 4.45. The van der Waals surface area contributed by atoms with Gasteiger partial charge in [-0.2, -0.15) is 0 Å². The summed E-state index contributed by atoms with van der Waals surface area (Å²) < 4.78 is 7.63. The van der Waals surface area contributed by atoms with Crippen LogP contribution in [0.15, 0.2) is 30.3 Å². The second-order valence-electron chi connectivity index (χ2n) is 7.80. The molecule has 30 heavy (non-hydrogen) atoms. The number of hydrogen-bond acceptors (Lipinski definition) is 5. The molecule has 158 valence electrons. The molecule has 1 unspecified atom stereocenters. The molecule has 0 aliphatic carbocycles. The summed E-state index contributed by atoms with van der Waals surface area (Å²) >= 11 is 0. The Bertz CT molecular complexity index is 1080. The van der Waals surface area contributed by atoms with E-state index in [9.17, 15) is 4.79 Å². The van der Waals surface area contributed by atoms with Crippen molar-refractivity contribution in [3.63, 3.8) is 0 Å². The average Bonchev–Trinajstić information content (AvgIpc) is 2.98. The summed E-state index contributed by atoms with van der Waals surface area (Å²) in [5.41, 5.74) is 5.12. The highest BCUT2D eigenvalue weighted by Crippen LogP contribution is 2.32. The SMILES string of the molecule is CCC(CCc1c(C)c2ccc(Nc3ccc4c(c3)NC(=O)CO4)nc2n1C)NC. The van der Waals surface area contributed by atoms with Crippen molar-refractivity contribution in [2.45, 2.75) is 39.2 Å². The summed E-state index contributed by atoms with van der Waals surface area (Å²) in [4.78, 5) is 16.4. The van der Waals surface area contributed by atoms with Gasteiger partial charge in [0, 0.05) is 29.9 Å². The molecule has 7 nitrogen and oxygen atoms in total. The Morgan fingerprint density at radius 2 is 2.13 bits per heavy atom. The van der Waals surface area contributed by atoms with Crippen molar-refractivity contribution in [1.29, 1.82) is 0 Å². The fourth-order valence-electron chi connectivity index (χ4n) is 4.13. The topological polar surface area (TPSA) is 80.2 Å². The third-order valence-electron chi connectivity index (χ3n) is 5.95. The van der Waals surface area contributed by atoms with E-state index < -0.39 is 0 Å². The number of aryl methyl sites for hydroxylation is 2. The van der Waals surface area contributed by atoms with E-state index in [0.29, 0.717) is 17.5 Å². The van der Waals surface area contributed by atoms with E-state index in [1.807, 2.05) is 31.3 Å². The Morgan fingerprint density at radius 1 is 1.30 bits per heavy atom. The lowest BCUT2D eigenvalue weighted by atomic mass is 10.0. The average molecular weight is 408 g/mol. The van der Waals surface area contributed by atoms with E-state index in [1.54, 1.807) is 0 Å². The number of nitrogens with one attached hydrogen (secondary N) is 3. The lowest BCUT2D eigenvalue weighted by Gasteiger charge is -2.18. The van der Waals surface area contributed by atoms with Gasteiger partial charge in [-0.25, -0.2) is 4.98 Å². The van der Waals surface area contributed by atoms with Gasteiger partial charge in [0.2, 0.25) is 0 Å². The molecule has 1 aliphatic heterocycles. The molecule has 1 aliphatic rings. The van der Waals surface area contributed by atoms with Crippen LogP contribution in [-0.2, 0) is 18.3 Å². The first-order valence-corrected chi connectivity index (χ1v) is 10.5. The molecule has 2 aromatic heterocycles. The summed E-state index contributed by atoms with van der Waals surface area (Å²) in [5, 5.41) is 10.7. The van der Waals surface area contributed by atoms with Crippen molar-refractivity contribution < 1.29 is 9.53 Å². The third kappa shape index (κ3) is 3.85. The molecule has 0 radical (unpaired) electrons. The van der Waals surface area contributed by atoms with Crippen LogP contribution in [0.4, 0.5) is 17.2 Å². The Hall–Kier alpha value is -3.06. The fraction of sp³-hybridized carbons (Fsp3) is 0.391. The minimum Gasteiger partial charge on any atom is -0.482 e. The van der Waals surface area contributed by atoms with Crippen LogP contribution in [0.3, 0.4) is 0 Å². The number of amides is 1. The van der Waals surface area contributed by atoms with Crippen molar-refractivity contribution in [3.8, 4) is 5.75 Å². The number of ether oxygens (including phenoxy) is 1. The number of aromatic nitrogens is 2. The maximum Gasteiger partial charge on any atom is 0.262 e. The summed E-state index contributed by atoms with van der Waals surface area (Å²) in [6.07, 6.45) is 3.25. The summed E-state index contributed by atoms with van der Waals surface area (Å²) in [6, 6.07) is 10.3. The van der Waals surface area contributed by atoms with Gasteiger partial charge >= 0.3 is 0 Å². The van der Waals surface area contributed by atoms with Crippen LogP contribution in [0.2, 0.25) is 0 Å². The zero-order valence-corrected chi connectivity index (χ0v) is 18.0. The van der Waals surface area contributed by atoms with Crippen molar-refractivity contribution in [2.24, 2.45) is 7.05 Å². The smallest absolute Gasteiger partial charge is 0.262 e. The Balaban J connectivity index is 1.58. The van der Waals surface area contributed by atoms with Crippen molar-refractivity contribution in [3.05, 3.63) is 41.6 Å². The van der Waals surface area contributed by atoms with E-state index in [4.69, 9.17) is 9.72 Å². The number of rotatable bonds is 7. The van der Waals surface area contributed by atoms with Gasteiger partial charge in [-0.1, -0.05) is 6.92 Å². The van der Waals surface area contributed by atoms with Gasteiger partial charge in [0.25, 0.3) is 5.91 Å². The first kappa shape index (κ1) is 20.2. The van der Waals surface area contributed by atoms with Crippen LogP contribution in [-0.4, -0.2) is 35.2 Å². The first-order valence-electron chi connectivity index (χ1n) is 10.5. The molecule has 1 aromatic carbocycles. The molecule has 7 heteroatoms. The van der Waals surface area contributed by atoms with Crippen LogP contribution in [0.5, 0.6) is 5.75 Å². The highest BCUT2D eigenvalue weighted by atomic mass is 16.5. The number of carbonyl (C=O) groups is 1. The molecule has 0 fully saturated rings. The number of fused-ring (bicyclic) bond motifs is 2.